The van der Waals surface area contributed by atoms with Crippen LogP contribution in [-0.4, -0.2) is 48.1 Å². The monoisotopic (exact) mass is 336 g/mol. The molecule has 122 valence electrons. The summed E-state index contributed by atoms with van der Waals surface area (Å²) in [4.78, 5) is 5.68. The Kier molecular flexibility index (Phi) is 3.13. The Labute approximate surface area is 145 Å². The summed E-state index contributed by atoms with van der Waals surface area (Å²) in [5.41, 5.74) is 2.47. The standard InChI is InChI=1S/C20H20N2OS/c1-21-10-12-22(13-11-21)20(23)16-8-4-2-6-14(16)18-15-7-3-5-9-17(15)24-19(18)20/h2-9,23H,10-13H2,1H3. The van der Waals surface area contributed by atoms with Gasteiger partial charge in [-0.25, -0.2) is 0 Å². The van der Waals surface area contributed by atoms with Crippen LogP contribution in [0, 0.1) is 0 Å². The molecule has 1 unspecified atom stereocenters. The van der Waals surface area contributed by atoms with Gasteiger partial charge in [0, 0.05) is 47.4 Å². The summed E-state index contributed by atoms with van der Waals surface area (Å²) in [6, 6.07) is 16.9. The highest BCUT2D eigenvalue weighted by molar-refractivity contribution is 7.20. The lowest BCUT2D eigenvalue weighted by molar-refractivity contribution is -0.0914. The summed E-state index contributed by atoms with van der Waals surface area (Å²) in [6.07, 6.45) is 0. The number of thiophene rings is 1. The number of nitrogens with zero attached hydrogens (tertiary/aromatic N) is 2. The molecule has 1 aliphatic carbocycles. The number of hydrogen-bond donors (Lipinski definition) is 1. The first-order valence-corrected chi connectivity index (χ1v) is 9.29. The molecular formula is C20H20N2OS. The normalized spacial score (nSPS) is 24.2. The van der Waals surface area contributed by atoms with Crippen molar-refractivity contribution in [2.75, 3.05) is 33.2 Å². The Balaban J connectivity index is 1.77. The Morgan fingerprint density at radius 2 is 1.67 bits per heavy atom. The molecule has 0 spiro atoms. The average Bonchev–Trinajstić information content (AvgIpc) is 3.11. The van der Waals surface area contributed by atoms with E-state index in [1.54, 1.807) is 11.3 Å². The third-order valence-electron chi connectivity index (χ3n) is 5.45. The van der Waals surface area contributed by atoms with Gasteiger partial charge in [0.1, 0.15) is 0 Å². The highest BCUT2D eigenvalue weighted by Gasteiger charge is 2.48. The largest absolute Gasteiger partial charge is 0.367 e. The number of rotatable bonds is 1. The van der Waals surface area contributed by atoms with Gasteiger partial charge in [-0.2, -0.15) is 0 Å². The zero-order chi connectivity index (χ0) is 16.3. The minimum absolute atomic E-state index is 0.884. The zero-order valence-corrected chi connectivity index (χ0v) is 14.5. The quantitative estimate of drug-likeness (QED) is 0.738. The molecular weight excluding hydrogens is 316 g/mol. The molecule has 0 saturated carbocycles. The summed E-state index contributed by atoms with van der Waals surface area (Å²) in [5.74, 6) is 0. The summed E-state index contributed by atoms with van der Waals surface area (Å²) in [6.45, 7) is 3.75. The molecule has 2 heterocycles. The molecule has 3 aromatic rings. The van der Waals surface area contributed by atoms with Crippen molar-refractivity contribution in [1.29, 1.82) is 0 Å². The summed E-state index contributed by atoms with van der Waals surface area (Å²) in [7, 11) is 2.15. The number of hydrogen-bond acceptors (Lipinski definition) is 4. The van der Waals surface area contributed by atoms with Crippen LogP contribution < -0.4 is 0 Å². The third-order valence-corrected chi connectivity index (χ3v) is 6.71. The van der Waals surface area contributed by atoms with Crippen LogP contribution in [0.15, 0.2) is 48.5 Å². The molecule has 3 nitrogen and oxygen atoms in total. The van der Waals surface area contributed by atoms with Crippen molar-refractivity contribution < 1.29 is 5.11 Å². The number of piperazine rings is 1. The molecule has 2 aromatic carbocycles. The predicted octanol–water partition coefficient (Wildman–Crippen LogP) is 3.32. The first-order chi connectivity index (χ1) is 11.7. The van der Waals surface area contributed by atoms with Crippen molar-refractivity contribution in [3.05, 3.63) is 59.0 Å². The van der Waals surface area contributed by atoms with Crippen molar-refractivity contribution in [1.82, 2.24) is 9.80 Å². The third kappa shape index (κ3) is 1.82. The van der Waals surface area contributed by atoms with Crippen LogP contribution in [0.1, 0.15) is 10.4 Å². The number of likely N-dealkylation sites (N-methyl/N-ethyl adjacent to an activating group) is 1. The topological polar surface area (TPSA) is 26.7 Å². The van der Waals surface area contributed by atoms with Gasteiger partial charge in [0.15, 0.2) is 5.72 Å². The second kappa shape index (κ2) is 5.14. The molecule has 24 heavy (non-hydrogen) atoms. The molecule has 1 aliphatic heterocycles. The molecule has 0 radical (unpaired) electrons. The van der Waals surface area contributed by atoms with Gasteiger partial charge in [0.25, 0.3) is 0 Å². The molecule has 4 heteroatoms. The van der Waals surface area contributed by atoms with Gasteiger partial charge < -0.3 is 10.0 Å². The smallest absolute Gasteiger partial charge is 0.181 e. The zero-order valence-electron chi connectivity index (χ0n) is 13.7. The van der Waals surface area contributed by atoms with Crippen molar-refractivity contribution in [2.45, 2.75) is 5.72 Å². The fourth-order valence-electron chi connectivity index (χ4n) is 4.13. The van der Waals surface area contributed by atoms with Crippen molar-refractivity contribution in [2.24, 2.45) is 0 Å². The second-order valence-corrected chi connectivity index (χ2v) is 7.86. The van der Waals surface area contributed by atoms with Gasteiger partial charge in [-0.3, -0.25) is 4.90 Å². The molecule has 0 bridgehead atoms. The van der Waals surface area contributed by atoms with Crippen LogP contribution in [0.4, 0.5) is 0 Å². The van der Waals surface area contributed by atoms with E-state index in [0.29, 0.717) is 0 Å². The minimum atomic E-state index is -0.989. The maximum absolute atomic E-state index is 11.9. The SMILES string of the molecule is CN1CCN(C2(O)c3ccccc3-c3c2sc2ccccc32)CC1. The van der Waals surface area contributed by atoms with Crippen LogP contribution in [0.3, 0.4) is 0 Å². The lowest BCUT2D eigenvalue weighted by Crippen LogP contribution is -2.54. The van der Waals surface area contributed by atoms with Crippen LogP contribution >= 0.6 is 11.3 Å². The second-order valence-electron chi connectivity index (χ2n) is 6.81. The summed E-state index contributed by atoms with van der Waals surface area (Å²) in [5, 5.41) is 13.2. The first kappa shape index (κ1) is 14.6. The lowest BCUT2D eigenvalue weighted by atomic mass is 10.0. The van der Waals surface area contributed by atoms with Crippen molar-refractivity contribution >= 4 is 21.4 Å². The van der Waals surface area contributed by atoms with E-state index in [1.807, 2.05) is 6.07 Å². The van der Waals surface area contributed by atoms with Gasteiger partial charge >= 0.3 is 0 Å². The van der Waals surface area contributed by atoms with Crippen LogP contribution in [0.2, 0.25) is 0 Å². The van der Waals surface area contributed by atoms with Gasteiger partial charge in [0.05, 0.1) is 4.88 Å². The predicted molar refractivity (Wildman–Crippen MR) is 99.3 cm³/mol. The number of aliphatic hydroxyl groups is 1. The fourth-order valence-corrected chi connectivity index (χ4v) is 5.48. The Hall–Kier alpha value is -1.72. The van der Waals surface area contributed by atoms with Crippen LogP contribution in [0.25, 0.3) is 21.2 Å². The molecule has 1 fully saturated rings. The molecule has 0 amide bonds. The Morgan fingerprint density at radius 1 is 0.958 bits per heavy atom. The maximum Gasteiger partial charge on any atom is 0.181 e. The Bertz CT molecular complexity index is 926. The number of fused-ring (bicyclic) bond motifs is 5. The summed E-state index contributed by atoms with van der Waals surface area (Å²) < 4.78 is 1.25. The molecule has 1 saturated heterocycles. The summed E-state index contributed by atoms with van der Waals surface area (Å²) >= 11 is 1.74. The molecule has 2 aliphatic rings. The molecule has 1 atom stereocenters. The number of benzene rings is 2. The van der Waals surface area contributed by atoms with E-state index in [-0.39, 0.29) is 0 Å². The Morgan fingerprint density at radius 3 is 2.50 bits per heavy atom. The van der Waals surface area contributed by atoms with Gasteiger partial charge in [-0.1, -0.05) is 42.5 Å². The van der Waals surface area contributed by atoms with E-state index < -0.39 is 5.72 Å². The highest BCUT2D eigenvalue weighted by Crippen LogP contribution is 2.55. The highest BCUT2D eigenvalue weighted by atomic mass is 32.1. The van der Waals surface area contributed by atoms with E-state index in [1.165, 1.54) is 21.2 Å². The van der Waals surface area contributed by atoms with Crippen LogP contribution in [-0.2, 0) is 5.72 Å². The van der Waals surface area contributed by atoms with Gasteiger partial charge in [-0.05, 0) is 18.7 Å². The van der Waals surface area contributed by atoms with Crippen LogP contribution in [0.5, 0.6) is 0 Å². The fraction of sp³-hybridized carbons (Fsp3) is 0.300. The molecule has 5 rings (SSSR count). The molecule has 1 aromatic heterocycles. The van der Waals surface area contributed by atoms with E-state index in [2.05, 4.69) is 59.3 Å². The average molecular weight is 336 g/mol. The van der Waals surface area contributed by atoms with E-state index in [0.717, 1.165) is 36.6 Å². The van der Waals surface area contributed by atoms with Gasteiger partial charge in [-0.15, -0.1) is 11.3 Å². The van der Waals surface area contributed by atoms with Crippen molar-refractivity contribution in [3.63, 3.8) is 0 Å². The van der Waals surface area contributed by atoms with E-state index in [4.69, 9.17) is 0 Å². The van der Waals surface area contributed by atoms with Gasteiger partial charge in [0.2, 0.25) is 0 Å². The lowest BCUT2D eigenvalue weighted by Gasteiger charge is -2.42. The minimum Gasteiger partial charge on any atom is -0.367 e. The first-order valence-electron chi connectivity index (χ1n) is 8.47. The maximum atomic E-state index is 11.9. The van der Waals surface area contributed by atoms with E-state index >= 15 is 0 Å². The van der Waals surface area contributed by atoms with Crippen molar-refractivity contribution in [3.8, 4) is 11.1 Å². The van der Waals surface area contributed by atoms with E-state index in [9.17, 15) is 5.11 Å². The molecule has 1 N–H and O–H groups in total.